The van der Waals surface area contributed by atoms with Gasteiger partial charge >= 0.3 is 0 Å². The zero-order valence-corrected chi connectivity index (χ0v) is 16.0. The Kier molecular flexibility index (Phi) is 5.82. The van der Waals surface area contributed by atoms with Crippen molar-refractivity contribution in [3.63, 3.8) is 0 Å². The Morgan fingerprint density at radius 3 is 2.46 bits per heavy atom. The third kappa shape index (κ3) is 4.01. The zero-order chi connectivity index (χ0) is 18.5. The predicted molar refractivity (Wildman–Crippen MR) is 106 cm³/mol. The fraction of sp³-hybridized carbons (Fsp3) is 0.409. The van der Waals surface area contributed by atoms with Crippen LogP contribution in [0.15, 0.2) is 42.5 Å². The summed E-state index contributed by atoms with van der Waals surface area (Å²) in [7, 11) is 1.67. The highest BCUT2D eigenvalue weighted by atomic mass is 16.5. The number of aryl methyl sites for hydroxylation is 2. The number of anilines is 1. The Morgan fingerprint density at radius 1 is 1.00 bits per heavy atom. The van der Waals surface area contributed by atoms with E-state index in [4.69, 9.17) is 4.74 Å². The molecule has 26 heavy (non-hydrogen) atoms. The molecule has 4 nitrogen and oxygen atoms in total. The summed E-state index contributed by atoms with van der Waals surface area (Å²) < 4.78 is 5.38. The predicted octanol–water partition coefficient (Wildman–Crippen LogP) is 3.59. The van der Waals surface area contributed by atoms with Crippen LogP contribution in [0.2, 0.25) is 0 Å². The van der Waals surface area contributed by atoms with E-state index in [-0.39, 0.29) is 5.91 Å². The topological polar surface area (TPSA) is 32.8 Å². The Morgan fingerprint density at radius 2 is 1.73 bits per heavy atom. The average Bonchev–Trinajstić information content (AvgIpc) is 2.68. The number of nitrogens with zero attached hydrogens (tertiary/aromatic N) is 2. The van der Waals surface area contributed by atoms with E-state index in [1.54, 1.807) is 7.11 Å². The van der Waals surface area contributed by atoms with Crippen molar-refractivity contribution in [3.8, 4) is 5.75 Å². The lowest BCUT2D eigenvalue weighted by Gasteiger charge is -2.37. The van der Waals surface area contributed by atoms with Gasteiger partial charge in [-0.05, 0) is 49.1 Å². The summed E-state index contributed by atoms with van der Waals surface area (Å²) in [5.41, 5.74) is 5.05. The number of hydrogen-bond acceptors (Lipinski definition) is 3. The third-order valence-corrected chi connectivity index (χ3v) is 5.35. The second-order valence-electron chi connectivity index (χ2n) is 6.90. The Hall–Kier alpha value is -2.49. The third-order valence-electron chi connectivity index (χ3n) is 5.35. The van der Waals surface area contributed by atoms with Gasteiger partial charge in [-0.3, -0.25) is 4.79 Å². The number of para-hydroxylation sites is 1. The molecule has 1 saturated heterocycles. The van der Waals surface area contributed by atoms with Gasteiger partial charge in [-0.2, -0.15) is 0 Å². The van der Waals surface area contributed by atoms with Crippen LogP contribution in [0.25, 0.3) is 0 Å². The molecular weight excluding hydrogens is 324 g/mol. The van der Waals surface area contributed by atoms with Crippen LogP contribution in [0.4, 0.5) is 5.69 Å². The van der Waals surface area contributed by atoms with Gasteiger partial charge in [0.2, 0.25) is 5.91 Å². The van der Waals surface area contributed by atoms with Crippen molar-refractivity contribution in [2.45, 2.75) is 26.7 Å². The molecule has 4 heteroatoms. The van der Waals surface area contributed by atoms with Crippen LogP contribution in [0.1, 0.15) is 23.1 Å². The molecule has 2 aromatic rings. The summed E-state index contributed by atoms with van der Waals surface area (Å²) in [5.74, 6) is 1.09. The SMILES string of the molecule is COc1ccccc1CCC(=O)N1CCN(c2cccc(C)c2C)CC1. The first-order valence-corrected chi connectivity index (χ1v) is 9.31. The Bertz CT molecular complexity index is 764. The molecule has 1 amide bonds. The summed E-state index contributed by atoms with van der Waals surface area (Å²) in [6.45, 7) is 7.69. The number of rotatable bonds is 5. The lowest BCUT2D eigenvalue weighted by molar-refractivity contribution is -0.131. The standard InChI is InChI=1S/C22H28N2O2/c1-17-7-6-9-20(18(17)2)23-13-15-24(16-14-23)22(25)12-11-19-8-4-5-10-21(19)26-3/h4-10H,11-16H2,1-3H3. The maximum atomic E-state index is 12.6. The van der Waals surface area contributed by atoms with Gasteiger partial charge in [0.25, 0.3) is 0 Å². The van der Waals surface area contributed by atoms with Crippen molar-refractivity contribution >= 4 is 11.6 Å². The van der Waals surface area contributed by atoms with E-state index in [1.807, 2.05) is 29.2 Å². The van der Waals surface area contributed by atoms with E-state index in [0.29, 0.717) is 6.42 Å². The molecule has 0 aromatic heterocycles. The first-order valence-electron chi connectivity index (χ1n) is 9.31. The number of hydrogen-bond donors (Lipinski definition) is 0. The number of ether oxygens (including phenoxy) is 1. The van der Waals surface area contributed by atoms with Crippen molar-refractivity contribution in [2.24, 2.45) is 0 Å². The number of piperazine rings is 1. The average molecular weight is 352 g/mol. The molecular formula is C22H28N2O2. The van der Waals surface area contributed by atoms with Gasteiger partial charge in [0.15, 0.2) is 0 Å². The molecule has 2 aromatic carbocycles. The van der Waals surface area contributed by atoms with Gasteiger partial charge in [0.05, 0.1) is 7.11 Å². The van der Waals surface area contributed by atoms with Crippen LogP contribution in [0.5, 0.6) is 5.75 Å². The second kappa shape index (κ2) is 8.26. The molecule has 0 atom stereocenters. The molecule has 0 unspecified atom stereocenters. The molecule has 0 aliphatic carbocycles. The smallest absolute Gasteiger partial charge is 0.223 e. The molecule has 0 bridgehead atoms. The van der Waals surface area contributed by atoms with Gasteiger partial charge in [0.1, 0.15) is 5.75 Å². The highest BCUT2D eigenvalue weighted by Gasteiger charge is 2.22. The summed E-state index contributed by atoms with van der Waals surface area (Å²) in [4.78, 5) is 17.0. The van der Waals surface area contributed by atoms with Crippen molar-refractivity contribution in [3.05, 3.63) is 59.2 Å². The molecule has 0 radical (unpaired) electrons. The fourth-order valence-electron chi connectivity index (χ4n) is 3.58. The molecule has 138 valence electrons. The maximum absolute atomic E-state index is 12.6. The quantitative estimate of drug-likeness (QED) is 0.824. The van der Waals surface area contributed by atoms with Gasteiger partial charge in [-0.1, -0.05) is 30.3 Å². The van der Waals surface area contributed by atoms with Crippen molar-refractivity contribution < 1.29 is 9.53 Å². The minimum atomic E-state index is 0.233. The summed E-state index contributed by atoms with van der Waals surface area (Å²) in [6.07, 6.45) is 1.25. The van der Waals surface area contributed by atoms with Crippen molar-refractivity contribution in [1.29, 1.82) is 0 Å². The molecule has 0 saturated carbocycles. The van der Waals surface area contributed by atoms with E-state index < -0.39 is 0 Å². The van der Waals surface area contributed by atoms with Crippen LogP contribution in [-0.4, -0.2) is 44.1 Å². The first kappa shape index (κ1) is 18.3. The number of carbonyl (C=O) groups excluding carboxylic acids is 1. The number of amides is 1. The van der Waals surface area contributed by atoms with E-state index >= 15 is 0 Å². The monoisotopic (exact) mass is 352 g/mol. The van der Waals surface area contributed by atoms with E-state index in [9.17, 15) is 4.79 Å². The lowest BCUT2D eigenvalue weighted by atomic mass is 10.1. The fourth-order valence-corrected chi connectivity index (χ4v) is 3.58. The zero-order valence-electron chi connectivity index (χ0n) is 16.0. The summed E-state index contributed by atoms with van der Waals surface area (Å²) >= 11 is 0. The van der Waals surface area contributed by atoms with Crippen molar-refractivity contribution in [1.82, 2.24) is 4.90 Å². The van der Waals surface area contributed by atoms with Crippen molar-refractivity contribution in [2.75, 3.05) is 38.2 Å². The molecule has 1 heterocycles. The minimum absolute atomic E-state index is 0.233. The number of methoxy groups -OCH3 is 1. The summed E-state index contributed by atoms with van der Waals surface area (Å²) in [5, 5.41) is 0. The van der Waals surface area contributed by atoms with E-state index in [2.05, 4.69) is 36.9 Å². The van der Waals surface area contributed by atoms with Gasteiger partial charge < -0.3 is 14.5 Å². The normalized spacial score (nSPS) is 14.4. The Balaban J connectivity index is 1.54. The van der Waals surface area contributed by atoms with Gasteiger partial charge in [-0.15, -0.1) is 0 Å². The number of benzene rings is 2. The number of carbonyl (C=O) groups is 1. The van der Waals surface area contributed by atoms with Crippen LogP contribution in [0, 0.1) is 13.8 Å². The second-order valence-corrected chi connectivity index (χ2v) is 6.90. The van der Waals surface area contributed by atoms with Crippen LogP contribution >= 0.6 is 0 Å². The van der Waals surface area contributed by atoms with E-state index in [0.717, 1.165) is 43.9 Å². The lowest BCUT2D eigenvalue weighted by Crippen LogP contribution is -2.49. The minimum Gasteiger partial charge on any atom is -0.496 e. The molecule has 1 fully saturated rings. The molecule has 0 N–H and O–H groups in total. The summed E-state index contributed by atoms with van der Waals surface area (Å²) in [6, 6.07) is 14.4. The first-order chi connectivity index (χ1) is 12.6. The van der Waals surface area contributed by atoms with Gasteiger partial charge in [-0.25, -0.2) is 0 Å². The molecule has 0 spiro atoms. The van der Waals surface area contributed by atoms with Crippen LogP contribution < -0.4 is 9.64 Å². The highest BCUT2D eigenvalue weighted by molar-refractivity contribution is 5.77. The molecule has 3 rings (SSSR count). The van der Waals surface area contributed by atoms with Crippen LogP contribution in [-0.2, 0) is 11.2 Å². The Labute approximate surface area is 156 Å². The van der Waals surface area contributed by atoms with Gasteiger partial charge in [0, 0.05) is 38.3 Å². The largest absolute Gasteiger partial charge is 0.496 e. The highest BCUT2D eigenvalue weighted by Crippen LogP contribution is 2.24. The molecule has 1 aliphatic heterocycles. The maximum Gasteiger partial charge on any atom is 0.223 e. The molecule has 1 aliphatic rings. The van der Waals surface area contributed by atoms with Crippen LogP contribution in [0.3, 0.4) is 0 Å². The van der Waals surface area contributed by atoms with E-state index in [1.165, 1.54) is 16.8 Å².